The van der Waals surface area contributed by atoms with E-state index in [1.807, 2.05) is 12.1 Å². The van der Waals surface area contributed by atoms with Crippen LogP contribution >= 0.6 is 0 Å². The van der Waals surface area contributed by atoms with Crippen molar-refractivity contribution in [2.75, 3.05) is 0 Å². The minimum absolute atomic E-state index is 0.443. The lowest BCUT2D eigenvalue weighted by molar-refractivity contribution is 1.27. The second-order valence-electron chi connectivity index (χ2n) is 6.01. The maximum absolute atomic E-state index is 9.13. The van der Waals surface area contributed by atoms with E-state index in [1.165, 1.54) is 32.3 Å². The number of benzene rings is 4. The van der Waals surface area contributed by atoms with Gasteiger partial charge in [0.25, 0.3) is 0 Å². The molecule has 0 aliphatic carbocycles. The van der Waals surface area contributed by atoms with Gasteiger partial charge in [0.1, 0.15) is 11.8 Å². The van der Waals surface area contributed by atoms with Crippen LogP contribution in [0.4, 0.5) is 0 Å². The van der Waals surface area contributed by atoms with Crippen LogP contribution in [-0.2, 0) is 0 Å². The molecule has 2 heteroatoms. The van der Waals surface area contributed by atoms with E-state index < -0.39 is 0 Å². The molecule has 0 unspecified atom stereocenters. The number of rotatable bonds is 1. The summed E-state index contributed by atoms with van der Waals surface area (Å²) in [6.45, 7) is 0. The smallest absolute Gasteiger partial charge is 0.141 e. The topological polar surface area (TPSA) is 36.7 Å². The van der Waals surface area contributed by atoms with Crippen LogP contribution in [0.15, 0.2) is 72.9 Å². The van der Waals surface area contributed by atoms with E-state index in [9.17, 15) is 0 Å². The highest BCUT2D eigenvalue weighted by Crippen LogP contribution is 2.39. The summed E-state index contributed by atoms with van der Waals surface area (Å²) < 4.78 is 0. The Balaban J connectivity index is 1.95. The van der Waals surface area contributed by atoms with Gasteiger partial charge in [0.2, 0.25) is 0 Å². The number of pyridine rings is 1. The molecule has 24 heavy (non-hydrogen) atoms. The van der Waals surface area contributed by atoms with Crippen LogP contribution in [0.3, 0.4) is 0 Å². The third kappa shape index (κ3) is 1.73. The van der Waals surface area contributed by atoms with Crippen molar-refractivity contribution in [1.29, 1.82) is 5.26 Å². The molecule has 0 aliphatic heterocycles. The summed E-state index contributed by atoms with van der Waals surface area (Å²) in [5.74, 6) is 0. The maximum Gasteiger partial charge on any atom is 0.141 e. The Morgan fingerprint density at radius 2 is 1.46 bits per heavy atom. The normalized spacial score (nSPS) is 11.3. The van der Waals surface area contributed by atoms with Crippen molar-refractivity contribution in [2.24, 2.45) is 0 Å². The first-order chi connectivity index (χ1) is 11.8. The van der Waals surface area contributed by atoms with Gasteiger partial charge in [-0.15, -0.1) is 0 Å². The van der Waals surface area contributed by atoms with Crippen LogP contribution in [0.25, 0.3) is 43.4 Å². The monoisotopic (exact) mass is 304 g/mol. The van der Waals surface area contributed by atoms with Crippen molar-refractivity contribution in [1.82, 2.24) is 4.98 Å². The first kappa shape index (κ1) is 13.0. The first-order valence-corrected chi connectivity index (χ1v) is 7.88. The highest BCUT2D eigenvalue weighted by atomic mass is 14.7. The molecular weight excluding hydrogens is 292 g/mol. The molecule has 1 heterocycles. The summed E-state index contributed by atoms with van der Waals surface area (Å²) in [5, 5.41) is 16.7. The number of aromatic nitrogens is 1. The molecule has 110 valence electrons. The fourth-order valence-electron chi connectivity index (χ4n) is 3.65. The van der Waals surface area contributed by atoms with Crippen molar-refractivity contribution in [3.05, 3.63) is 78.6 Å². The fourth-order valence-corrected chi connectivity index (χ4v) is 3.65. The molecule has 0 spiro atoms. The fraction of sp³-hybridized carbons (Fsp3) is 0. The summed E-state index contributed by atoms with van der Waals surface area (Å²) in [4.78, 5) is 4.08. The molecule has 0 atom stereocenters. The van der Waals surface area contributed by atoms with E-state index in [0.717, 1.165) is 11.1 Å². The summed E-state index contributed by atoms with van der Waals surface area (Å²) in [7, 11) is 0. The Morgan fingerprint density at radius 1 is 0.750 bits per heavy atom. The predicted molar refractivity (Wildman–Crippen MR) is 98.1 cm³/mol. The third-order valence-corrected chi connectivity index (χ3v) is 4.71. The van der Waals surface area contributed by atoms with Crippen molar-refractivity contribution in [3.8, 4) is 17.2 Å². The van der Waals surface area contributed by atoms with E-state index in [4.69, 9.17) is 5.26 Å². The Labute approximate surface area is 138 Å². The second kappa shape index (κ2) is 4.78. The van der Waals surface area contributed by atoms with Crippen molar-refractivity contribution >= 4 is 32.3 Å². The van der Waals surface area contributed by atoms with Crippen LogP contribution in [-0.4, -0.2) is 4.98 Å². The van der Waals surface area contributed by atoms with Gasteiger partial charge < -0.3 is 0 Å². The van der Waals surface area contributed by atoms with Crippen LogP contribution in [0.1, 0.15) is 5.69 Å². The van der Waals surface area contributed by atoms with Gasteiger partial charge in [-0.3, -0.25) is 0 Å². The van der Waals surface area contributed by atoms with E-state index in [1.54, 1.807) is 6.20 Å². The zero-order valence-corrected chi connectivity index (χ0v) is 12.8. The molecule has 0 radical (unpaired) electrons. The zero-order valence-electron chi connectivity index (χ0n) is 12.8. The Hall–Kier alpha value is -3.44. The number of nitriles is 1. The minimum Gasteiger partial charge on any atom is -0.246 e. The van der Waals surface area contributed by atoms with Crippen LogP contribution in [0.5, 0.6) is 0 Å². The van der Waals surface area contributed by atoms with Gasteiger partial charge >= 0.3 is 0 Å². The van der Waals surface area contributed by atoms with Crippen LogP contribution in [0.2, 0.25) is 0 Å². The molecule has 5 rings (SSSR count). The number of hydrogen-bond acceptors (Lipinski definition) is 2. The average Bonchev–Trinajstić information content (AvgIpc) is 2.66. The van der Waals surface area contributed by atoms with Gasteiger partial charge in [-0.05, 0) is 55.6 Å². The lowest BCUT2D eigenvalue weighted by Crippen LogP contribution is -1.88. The molecule has 0 saturated heterocycles. The van der Waals surface area contributed by atoms with E-state index in [0.29, 0.717) is 5.69 Å². The molecule has 5 aromatic rings. The minimum atomic E-state index is 0.443. The molecule has 0 N–H and O–H groups in total. The summed E-state index contributed by atoms with van der Waals surface area (Å²) in [6, 6.07) is 25.4. The first-order valence-electron chi connectivity index (χ1n) is 7.88. The highest BCUT2D eigenvalue weighted by molar-refractivity contribution is 6.25. The van der Waals surface area contributed by atoms with E-state index >= 15 is 0 Å². The van der Waals surface area contributed by atoms with Crippen molar-refractivity contribution in [2.45, 2.75) is 0 Å². The molecule has 4 aromatic carbocycles. The lowest BCUT2D eigenvalue weighted by atomic mass is 9.90. The molecule has 0 saturated carbocycles. The molecule has 0 aliphatic rings. The summed E-state index contributed by atoms with van der Waals surface area (Å²) in [5.41, 5.74) is 2.61. The van der Waals surface area contributed by atoms with Gasteiger partial charge in [0.05, 0.1) is 0 Å². The van der Waals surface area contributed by atoms with Gasteiger partial charge in [-0.1, -0.05) is 54.6 Å². The van der Waals surface area contributed by atoms with Crippen molar-refractivity contribution < 1.29 is 0 Å². The van der Waals surface area contributed by atoms with Gasteiger partial charge in [-0.25, -0.2) is 4.98 Å². The zero-order chi connectivity index (χ0) is 16.1. The Bertz CT molecular complexity index is 1250. The quantitative estimate of drug-likeness (QED) is 0.382. The third-order valence-electron chi connectivity index (χ3n) is 4.71. The number of nitrogens with zero attached hydrogens (tertiary/aromatic N) is 2. The Morgan fingerprint density at radius 3 is 2.25 bits per heavy atom. The SMILES string of the molecule is N#Cc1cc(-c2ccc3ccc4cccc5ccc2c3c45)ccn1. The highest BCUT2D eigenvalue weighted by Gasteiger charge is 2.12. The average molecular weight is 304 g/mol. The summed E-state index contributed by atoms with van der Waals surface area (Å²) in [6.07, 6.45) is 1.70. The molecule has 0 amide bonds. The van der Waals surface area contributed by atoms with Crippen LogP contribution < -0.4 is 0 Å². The predicted octanol–water partition coefficient (Wildman–Crippen LogP) is 5.52. The molecule has 0 bridgehead atoms. The van der Waals surface area contributed by atoms with Crippen LogP contribution in [0, 0.1) is 11.3 Å². The van der Waals surface area contributed by atoms with E-state index in [-0.39, 0.29) is 0 Å². The standard InChI is InChI=1S/C22H12N2/c23-13-18-12-17(10-11-24-18)19-8-6-16-5-4-14-2-1-3-15-7-9-20(19)22(16)21(14)15/h1-12H. The second-order valence-corrected chi connectivity index (χ2v) is 6.01. The summed E-state index contributed by atoms with van der Waals surface area (Å²) >= 11 is 0. The molecule has 1 aromatic heterocycles. The van der Waals surface area contributed by atoms with Gasteiger partial charge in [-0.2, -0.15) is 5.26 Å². The van der Waals surface area contributed by atoms with Gasteiger partial charge in [0, 0.05) is 6.20 Å². The van der Waals surface area contributed by atoms with E-state index in [2.05, 4.69) is 65.7 Å². The Kier molecular flexibility index (Phi) is 2.60. The maximum atomic E-state index is 9.13. The molecule has 0 fully saturated rings. The molecular formula is C22H12N2. The largest absolute Gasteiger partial charge is 0.246 e. The number of hydrogen-bond donors (Lipinski definition) is 0. The van der Waals surface area contributed by atoms with Crippen molar-refractivity contribution in [3.63, 3.8) is 0 Å². The molecule has 2 nitrogen and oxygen atoms in total. The lowest BCUT2D eigenvalue weighted by Gasteiger charge is -2.14. The van der Waals surface area contributed by atoms with Gasteiger partial charge in [0.15, 0.2) is 0 Å².